The maximum atomic E-state index is 11.9. The van der Waals surface area contributed by atoms with Gasteiger partial charge in [0.25, 0.3) is 0 Å². The SMILES string of the molecule is CN(CCO)C(=O)CC1CCC(C(C)(C)C)CC1. The zero-order chi connectivity index (χ0) is 13.8. The number of aliphatic hydroxyl groups is 1. The van der Waals surface area contributed by atoms with Crippen LogP contribution in [0.25, 0.3) is 0 Å². The van der Waals surface area contributed by atoms with E-state index in [1.807, 2.05) is 0 Å². The highest BCUT2D eigenvalue weighted by atomic mass is 16.3. The van der Waals surface area contributed by atoms with Crippen molar-refractivity contribution in [3.8, 4) is 0 Å². The molecule has 1 fully saturated rings. The van der Waals surface area contributed by atoms with Gasteiger partial charge in [-0.3, -0.25) is 4.79 Å². The van der Waals surface area contributed by atoms with E-state index >= 15 is 0 Å². The second-order valence-electron chi connectivity index (χ2n) is 6.83. The summed E-state index contributed by atoms with van der Waals surface area (Å²) in [6, 6.07) is 0. The molecular weight excluding hydrogens is 226 g/mol. The number of amides is 1. The summed E-state index contributed by atoms with van der Waals surface area (Å²) in [6.45, 7) is 7.46. The normalized spacial score (nSPS) is 24.9. The summed E-state index contributed by atoms with van der Waals surface area (Å²) in [7, 11) is 1.78. The molecule has 0 radical (unpaired) electrons. The first kappa shape index (κ1) is 15.5. The molecule has 0 spiro atoms. The Morgan fingerprint density at radius 2 is 1.78 bits per heavy atom. The minimum atomic E-state index is 0.0546. The number of nitrogens with zero attached hydrogens (tertiary/aromatic N) is 1. The van der Waals surface area contributed by atoms with E-state index < -0.39 is 0 Å². The average Bonchev–Trinajstić information content (AvgIpc) is 2.28. The quantitative estimate of drug-likeness (QED) is 0.839. The molecule has 1 aliphatic rings. The number of carbonyl (C=O) groups is 1. The smallest absolute Gasteiger partial charge is 0.222 e. The van der Waals surface area contributed by atoms with Gasteiger partial charge in [-0.15, -0.1) is 0 Å². The van der Waals surface area contributed by atoms with Crippen LogP contribution in [0.1, 0.15) is 52.9 Å². The Balaban J connectivity index is 2.33. The van der Waals surface area contributed by atoms with Crippen LogP contribution in [0, 0.1) is 17.3 Å². The van der Waals surface area contributed by atoms with Gasteiger partial charge in [0.2, 0.25) is 5.91 Å². The topological polar surface area (TPSA) is 40.5 Å². The van der Waals surface area contributed by atoms with E-state index in [1.54, 1.807) is 11.9 Å². The Labute approximate surface area is 112 Å². The molecular formula is C15H29NO2. The van der Waals surface area contributed by atoms with E-state index in [9.17, 15) is 4.79 Å². The van der Waals surface area contributed by atoms with Gasteiger partial charge in [0.15, 0.2) is 0 Å². The number of carbonyl (C=O) groups excluding carboxylic acids is 1. The molecule has 1 saturated carbocycles. The zero-order valence-electron chi connectivity index (χ0n) is 12.4. The maximum Gasteiger partial charge on any atom is 0.222 e. The lowest BCUT2D eigenvalue weighted by atomic mass is 9.69. The van der Waals surface area contributed by atoms with Gasteiger partial charge in [-0.25, -0.2) is 0 Å². The number of rotatable bonds is 4. The van der Waals surface area contributed by atoms with Crippen LogP contribution in [0.5, 0.6) is 0 Å². The molecule has 0 unspecified atom stereocenters. The lowest BCUT2D eigenvalue weighted by molar-refractivity contribution is -0.131. The Morgan fingerprint density at radius 1 is 1.22 bits per heavy atom. The third-order valence-electron chi connectivity index (χ3n) is 4.40. The highest BCUT2D eigenvalue weighted by Crippen LogP contribution is 2.40. The lowest BCUT2D eigenvalue weighted by Crippen LogP contribution is -2.32. The third-order valence-corrected chi connectivity index (χ3v) is 4.40. The molecule has 3 heteroatoms. The van der Waals surface area contributed by atoms with Gasteiger partial charge in [0.1, 0.15) is 0 Å². The van der Waals surface area contributed by atoms with Gasteiger partial charge < -0.3 is 10.0 Å². The molecule has 3 nitrogen and oxygen atoms in total. The van der Waals surface area contributed by atoms with Crippen molar-refractivity contribution in [1.29, 1.82) is 0 Å². The molecule has 18 heavy (non-hydrogen) atoms. The predicted octanol–water partition coefficient (Wildman–Crippen LogP) is 2.68. The summed E-state index contributed by atoms with van der Waals surface area (Å²) in [5.41, 5.74) is 0.405. The van der Waals surface area contributed by atoms with Crippen molar-refractivity contribution in [2.24, 2.45) is 17.3 Å². The van der Waals surface area contributed by atoms with E-state index in [2.05, 4.69) is 20.8 Å². The summed E-state index contributed by atoms with van der Waals surface area (Å²) in [4.78, 5) is 13.5. The summed E-state index contributed by atoms with van der Waals surface area (Å²) in [6.07, 6.45) is 5.53. The summed E-state index contributed by atoms with van der Waals surface area (Å²) < 4.78 is 0. The van der Waals surface area contributed by atoms with E-state index in [1.165, 1.54) is 25.7 Å². The molecule has 0 atom stereocenters. The zero-order valence-corrected chi connectivity index (χ0v) is 12.4. The van der Waals surface area contributed by atoms with Crippen molar-refractivity contribution < 1.29 is 9.90 Å². The van der Waals surface area contributed by atoms with Gasteiger partial charge in [-0.1, -0.05) is 20.8 Å². The van der Waals surface area contributed by atoms with Gasteiger partial charge in [0.05, 0.1) is 6.61 Å². The molecule has 1 aliphatic carbocycles. The molecule has 106 valence electrons. The van der Waals surface area contributed by atoms with Gasteiger partial charge in [-0.2, -0.15) is 0 Å². The fraction of sp³-hybridized carbons (Fsp3) is 0.933. The second-order valence-corrected chi connectivity index (χ2v) is 6.83. The largest absolute Gasteiger partial charge is 0.395 e. The summed E-state index contributed by atoms with van der Waals surface area (Å²) >= 11 is 0. The van der Waals surface area contributed by atoms with Crippen LogP contribution in [-0.4, -0.2) is 36.1 Å². The van der Waals surface area contributed by atoms with Crippen molar-refractivity contribution in [1.82, 2.24) is 4.90 Å². The number of hydrogen-bond donors (Lipinski definition) is 1. The monoisotopic (exact) mass is 255 g/mol. The molecule has 1 N–H and O–H groups in total. The summed E-state index contributed by atoms with van der Waals surface area (Å²) in [5.74, 6) is 1.54. The van der Waals surface area contributed by atoms with E-state index in [-0.39, 0.29) is 12.5 Å². The Kier molecular flexibility index (Phi) is 5.64. The van der Waals surface area contributed by atoms with Crippen molar-refractivity contribution in [2.75, 3.05) is 20.2 Å². The minimum absolute atomic E-state index is 0.0546. The minimum Gasteiger partial charge on any atom is -0.395 e. The first-order chi connectivity index (χ1) is 8.34. The Bertz CT molecular complexity index is 262. The first-order valence-electron chi connectivity index (χ1n) is 7.19. The van der Waals surface area contributed by atoms with Crippen molar-refractivity contribution in [2.45, 2.75) is 52.9 Å². The number of hydrogen-bond acceptors (Lipinski definition) is 2. The van der Waals surface area contributed by atoms with Crippen molar-refractivity contribution in [3.63, 3.8) is 0 Å². The van der Waals surface area contributed by atoms with Crippen LogP contribution in [0.2, 0.25) is 0 Å². The van der Waals surface area contributed by atoms with Crippen molar-refractivity contribution >= 4 is 5.91 Å². The van der Waals surface area contributed by atoms with E-state index in [0.29, 0.717) is 24.3 Å². The molecule has 0 heterocycles. The molecule has 0 aromatic heterocycles. The molecule has 0 saturated heterocycles. The van der Waals surface area contributed by atoms with E-state index in [0.717, 1.165) is 5.92 Å². The highest BCUT2D eigenvalue weighted by Gasteiger charge is 2.30. The fourth-order valence-electron chi connectivity index (χ4n) is 2.91. The molecule has 0 aliphatic heterocycles. The molecule has 0 bridgehead atoms. The third kappa shape index (κ3) is 4.60. The fourth-order valence-corrected chi connectivity index (χ4v) is 2.91. The van der Waals surface area contributed by atoms with Crippen LogP contribution in [0.4, 0.5) is 0 Å². The second kappa shape index (κ2) is 6.55. The number of aliphatic hydroxyl groups excluding tert-OH is 1. The van der Waals surface area contributed by atoms with Crippen LogP contribution < -0.4 is 0 Å². The van der Waals surface area contributed by atoms with Crippen molar-refractivity contribution in [3.05, 3.63) is 0 Å². The standard InChI is InChI=1S/C15H29NO2/c1-15(2,3)13-7-5-12(6-8-13)11-14(18)16(4)9-10-17/h12-13,17H,5-11H2,1-4H3. The van der Waals surface area contributed by atoms with Crippen LogP contribution >= 0.6 is 0 Å². The average molecular weight is 255 g/mol. The number of likely N-dealkylation sites (N-methyl/N-ethyl adjacent to an activating group) is 1. The van der Waals surface area contributed by atoms with Gasteiger partial charge in [-0.05, 0) is 42.9 Å². The molecule has 0 aromatic rings. The molecule has 1 amide bonds. The predicted molar refractivity (Wildman–Crippen MR) is 74.2 cm³/mol. The van der Waals surface area contributed by atoms with E-state index in [4.69, 9.17) is 5.11 Å². The Hall–Kier alpha value is -0.570. The van der Waals surface area contributed by atoms with Crippen LogP contribution in [0.3, 0.4) is 0 Å². The first-order valence-corrected chi connectivity index (χ1v) is 7.19. The Morgan fingerprint density at radius 3 is 2.22 bits per heavy atom. The van der Waals surface area contributed by atoms with Gasteiger partial charge >= 0.3 is 0 Å². The summed E-state index contributed by atoms with van der Waals surface area (Å²) in [5, 5.41) is 8.82. The maximum absolute atomic E-state index is 11.9. The van der Waals surface area contributed by atoms with Gasteiger partial charge in [0, 0.05) is 20.0 Å². The molecule has 1 rings (SSSR count). The highest BCUT2D eigenvalue weighted by molar-refractivity contribution is 5.76. The van der Waals surface area contributed by atoms with Crippen LogP contribution in [0.15, 0.2) is 0 Å². The van der Waals surface area contributed by atoms with Crippen LogP contribution in [-0.2, 0) is 4.79 Å². The molecule has 0 aromatic carbocycles. The lowest BCUT2D eigenvalue weighted by Gasteiger charge is -2.37.